The van der Waals surface area contributed by atoms with Gasteiger partial charge in [-0.15, -0.1) is 0 Å². The van der Waals surface area contributed by atoms with Crippen LogP contribution in [0.1, 0.15) is 33.1 Å². The van der Waals surface area contributed by atoms with Crippen LogP contribution in [0.15, 0.2) is 24.5 Å². The Morgan fingerprint density at radius 3 is 2.00 bits per heavy atom. The van der Waals surface area contributed by atoms with Gasteiger partial charge in [-0.05, 0) is 32.3 Å². The predicted octanol–water partition coefficient (Wildman–Crippen LogP) is 2.40. The summed E-state index contributed by atoms with van der Waals surface area (Å²) in [7, 11) is 0. The topological polar surface area (TPSA) is 52.6 Å². The average Bonchev–Trinajstić information content (AvgIpc) is 2.21. The fourth-order valence-corrected chi connectivity index (χ4v) is 0.963. The fourth-order valence-electron chi connectivity index (χ4n) is 0.963. The van der Waals surface area contributed by atoms with Crippen molar-refractivity contribution in [1.82, 2.24) is 0 Å². The van der Waals surface area contributed by atoms with E-state index >= 15 is 0 Å². The number of Topliss-reactive ketones (excluding diaryl/α,β-unsaturated/α-hetero) is 1. The molecule has 0 aliphatic rings. The van der Waals surface area contributed by atoms with Gasteiger partial charge in [-0.2, -0.15) is 0 Å². The lowest BCUT2D eigenvalue weighted by atomic mass is 10.3. The number of ether oxygens (including phenoxy) is 2. The normalized spacial score (nSPS) is 9.53. The molecule has 0 heterocycles. The van der Waals surface area contributed by atoms with E-state index in [2.05, 4.69) is 13.2 Å². The Balaban J connectivity index is 3.41. The van der Waals surface area contributed by atoms with E-state index in [0.29, 0.717) is 25.4 Å². The largest absolute Gasteiger partial charge is 0.494 e. The molecule has 0 rings (SSSR count). The van der Waals surface area contributed by atoms with E-state index in [1.807, 2.05) is 6.92 Å². The maximum absolute atomic E-state index is 11.0. The third-order valence-electron chi connectivity index (χ3n) is 1.95. The quantitative estimate of drug-likeness (QED) is 0.204. The van der Waals surface area contributed by atoms with E-state index in [0.717, 1.165) is 12.0 Å². The van der Waals surface area contributed by atoms with Crippen molar-refractivity contribution in [2.24, 2.45) is 0 Å². The summed E-state index contributed by atoms with van der Waals surface area (Å²) in [5, 5.41) is 0. The highest BCUT2D eigenvalue weighted by Gasteiger charge is 2.05. The van der Waals surface area contributed by atoms with E-state index < -0.39 is 5.97 Å². The highest BCUT2D eigenvalue weighted by molar-refractivity contribution is 5.94. The van der Waals surface area contributed by atoms with Crippen LogP contribution in [0.2, 0.25) is 0 Å². The average molecular weight is 240 g/mol. The highest BCUT2D eigenvalue weighted by Crippen LogP contribution is 2.06. The molecule has 0 amide bonds. The molecular formula is C13H20O4. The molecule has 4 nitrogen and oxygen atoms in total. The van der Waals surface area contributed by atoms with Crippen LogP contribution in [0.25, 0.3) is 0 Å². The Bertz CT molecular complexity index is 305. The molecule has 96 valence electrons. The second kappa shape index (κ2) is 8.56. The zero-order chi connectivity index (χ0) is 13.3. The summed E-state index contributed by atoms with van der Waals surface area (Å²) >= 11 is 0. The van der Waals surface area contributed by atoms with Gasteiger partial charge in [0.15, 0.2) is 0 Å². The number of esters is 1. The molecule has 4 heteroatoms. The lowest BCUT2D eigenvalue weighted by molar-refractivity contribution is -0.145. The zero-order valence-electron chi connectivity index (χ0n) is 10.6. The van der Waals surface area contributed by atoms with Crippen LogP contribution >= 0.6 is 0 Å². The van der Waals surface area contributed by atoms with Gasteiger partial charge in [-0.3, -0.25) is 9.59 Å². The zero-order valence-corrected chi connectivity index (χ0v) is 10.6. The van der Waals surface area contributed by atoms with Gasteiger partial charge < -0.3 is 9.47 Å². The fraction of sp³-hybridized carbons (Fsp3) is 0.538. The van der Waals surface area contributed by atoms with Crippen LogP contribution < -0.4 is 0 Å². The Kier molecular flexibility index (Phi) is 7.76. The van der Waals surface area contributed by atoms with E-state index in [4.69, 9.17) is 9.47 Å². The second-order valence-electron chi connectivity index (χ2n) is 3.86. The molecule has 0 aromatic rings. The van der Waals surface area contributed by atoms with Gasteiger partial charge in [0.05, 0.1) is 13.2 Å². The molecule has 0 N–H and O–H groups in total. The summed E-state index contributed by atoms with van der Waals surface area (Å²) < 4.78 is 10.1. The smallest absolute Gasteiger partial charge is 0.313 e. The molecule has 0 atom stereocenters. The van der Waals surface area contributed by atoms with Crippen molar-refractivity contribution in [1.29, 1.82) is 0 Å². The molecule has 0 aromatic carbocycles. The molecule has 0 saturated heterocycles. The first kappa shape index (κ1) is 15.4. The van der Waals surface area contributed by atoms with Gasteiger partial charge in [0.2, 0.25) is 0 Å². The second-order valence-corrected chi connectivity index (χ2v) is 3.86. The first-order valence-electron chi connectivity index (χ1n) is 5.56. The molecule has 0 fully saturated rings. The minimum absolute atomic E-state index is 0.150. The number of hydrogen-bond donors (Lipinski definition) is 0. The Morgan fingerprint density at radius 1 is 1.00 bits per heavy atom. The van der Waals surface area contributed by atoms with Gasteiger partial charge in [-0.1, -0.05) is 13.2 Å². The number of carbonyl (C=O) groups excluding carboxylic acids is 2. The Labute approximate surface area is 102 Å². The van der Waals surface area contributed by atoms with Crippen LogP contribution in [0, 0.1) is 0 Å². The monoisotopic (exact) mass is 240 g/mol. The summed E-state index contributed by atoms with van der Waals surface area (Å²) in [4.78, 5) is 21.6. The molecule has 0 radical (unpaired) electrons. The summed E-state index contributed by atoms with van der Waals surface area (Å²) in [5.74, 6) is -0.0700. The van der Waals surface area contributed by atoms with Gasteiger partial charge in [0.25, 0.3) is 0 Å². The Morgan fingerprint density at radius 2 is 1.53 bits per heavy atom. The minimum Gasteiger partial charge on any atom is -0.494 e. The van der Waals surface area contributed by atoms with Gasteiger partial charge in [0.1, 0.15) is 18.0 Å². The van der Waals surface area contributed by atoms with Crippen molar-refractivity contribution in [3.05, 3.63) is 24.5 Å². The lowest BCUT2D eigenvalue weighted by Crippen LogP contribution is -2.10. The van der Waals surface area contributed by atoms with Crippen LogP contribution in [-0.4, -0.2) is 25.0 Å². The Hall–Kier alpha value is -1.58. The first-order valence-corrected chi connectivity index (χ1v) is 5.56. The summed E-state index contributed by atoms with van der Waals surface area (Å²) in [6.07, 6.45) is 1.32. The van der Waals surface area contributed by atoms with E-state index in [9.17, 15) is 9.59 Å². The first-order chi connectivity index (χ1) is 7.93. The lowest BCUT2D eigenvalue weighted by Gasteiger charge is -2.08. The van der Waals surface area contributed by atoms with Crippen molar-refractivity contribution in [2.45, 2.75) is 33.1 Å². The van der Waals surface area contributed by atoms with Crippen LogP contribution in [-0.2, 0) is 19.1 Å². The molecule has 0 aromatic heterocycles. The number of allylic oxidation sites excluding steroid dienone is 1. The van der Waals surface area contributed by atoms with Gasteiger partial charge in [0, 0.05) is 0 Å². The van der Waals surface area contributed by atoms with Crippen LogP contribution in [0.5, 0.6) is 0 Å². The van der Waals surface area contributed by atoms with E-state index in [1.54, 1.807) is 0 Å². The SMILES string of the molecule is C=C(C)C(=C)OCCCCOC(=O)CC(C)=O. The van der Waals surface area contributed by atoms with E-state index in [-0.39, 0.29) is 12.2 Å². The summed E-state index contributed by atoms with van der Waals surface area (Å²) in [6, 6.07) is 0. The maximum Gasteiger partial charge on any atom is 0.313 e. The molecular weight excluding hydrogens is 220 g/mol. The minimum atomic E-state index is -0.468. The van der Waals surface area contributed by atoms with Crippen molar-refractivity contribution in [2.75, 3.05) is 13.2 Å². The van der Waals surface area contributed by atoms with Crippen LogP contribution in [0.3, 0.4) is 0 Å². The summed E-state index contributed by atoms with van der Waals surface area (Å²) in [5.41, 5.74) is 0.804. The highest BCUT2D eigenvalue weighted by atomic mass is 16.5. The number of carbonyl (C=O) groups is 2. The van der Waals surface area contributed by atoms with Gasteiger partial charge in [-0.25, -0.2) is 0 Å². The number of ketones is 1. The number of unbranched alkanes of at least 4 members (excludes halogenated alkanes) is 1. The predicted molar refractivity (Wildman–Crippen MR) is 65.4 cm³/mol. The van der Waals surface area contributed by atoms with Crippen molar-refractivity contribution in [3.63, 3.8) is 0 Å². The van der Waals surface area contributed by atoms with Crippen molar-refractivity contribution >= 4 is 11.8 Å². The molecule has 0 bridgehead atoms. The third kappa shape index (κ3) is 9.35. The molecule has 0 unspecified atom stereocenters. The van der Waals surface area contributed by atoms with Gasteiger partial charge >= 0.3 is 5.97 Å². The van der Waals surface area contributed by atoms with E-state index in [1.165, 1.54) is 6.92 Å². The number of hydrogen-bond acceptors (Lipinski definition) is 4. The molecule has 0 spiro atoms. The van der Waals surface area contributed by atoms with Crippen LogP contribution in [0.4, 0.5) is 0 Å². The standard InChI is InChI=1S/C13H20O4/c1-10(2)12(4)16-7-5-6-8-17-13(15)9-11(3)14/h1,4-9H2,2-3H3. The maximum atomic E-state index is 11.0. The van der Waals surface area contributed by atoms with Crippen molar-refractivity contribution < 1.29 is 19.1 Å². The van der Waals surface area contributed by atoms with Crippen molar-refractivity contribution in [3.8, 4) is 0 Å². The molecule has 0 saturated carbocycles. The summed E-state index contributed by atoms with van der Waals surface area (Å²) in [6.45, 7) is 11.4. The molecule has 0 aliphatic heterocycles. The number of rotatable bonds is 9. The third-order valence-corrected chi connectivity index (χ3v) is 1.95. The molecule has 0 aliphatic carbocycles. The molecule has 17 heavy (non-hydrogen) atoms.